The Kier molecular flexibility index (Phi) is 11.4. The van der Waals surface area contributed by atoms with E-state index >= 15 is 0 Å². The first kappa shape index (κ1) is 22.7. The molecular weight excluding hydrogens is 344 g/mol. The molecule has 2 unspecified atom stereocenters. The van der Waals surface area contributed by atoms with Crippen molar-refractivity contribution >= 4 is 9.52 Å². The lowest BCUT2D eigenvalue weighted by Gasteiger charge is -2.35. The van der Waals surface area contributed by atoms with Crippen LogP contribution in [0.1, 0.15) is 109 Å². The third-order valence-corrected chi connectivity index (χ3v) is 9.27. The zero-order valence-electron chi connectivity index (χ0n) is 18.2. The van der Waals surface area contributed by atoms with E-state index in [0.717, 1.165) is 6.61 Å². The quantitative estimate of drug-likeness (QED) is 0.248. The van der Waals surface area contributed by atoms with Crippen molar-refractivity contribution in [3.05, 3.63) is 35.9 Å². The van der Waals surface area contributed by atoms with Crippen molar-refractivity contribution in [2.45, 2.75) is 115 Å². The third-order valence-electron chi connectivity index (χ3n) is 6.51. The van der Waals surface area contributed by atoms with E-state index in [0.29, 0.717) is 10.8 Å². The Bertz CT molecular complexity index is 468. The van der Waals surface area contributed by atoms with Crippen LogP contribution in [0.25, 0.3) is 0 Å². The Labute approximate surface area is 171 Å². The summed E-state index contributed by atoms with van der Waals surface area (Å²) in [6.07, 6.45) is 19.6. The van der Waals surface area contributed by atoms with Gasteiger partial charge in [0.15, 0.2) is 0 Å². The van der Waals surface area contributed by atoms with Crippen molar-refractivity contribution in [2.24, 2.45) is 0 Å². The molecule has 0 saturated carbocycles. The average molecular weight is 389 g/mol. The van der Waals surface area contributed by atoms with Gasteiger partial charge in [-0.2, -0.15) is 0 Å². The van der Waals surface area contributed by atoms with E-state index in [4.69, 9.17) is 4.74 Å². The molecule has 154 valence electrons. The van der Waals surface area contributed by atoms with Crippen LogP contribution in [0, 0.1) is 0 Å². The van der Waals surface area contributed by atoms with Gasteiger partial charge in [-0.25, -0.2) is 0 Å². The Balaban J connectivity index is 1.71. The van der Waals surface area contributed by atoms with E-state index in [2.05, 4.69) is 44.2 Å². The molecule has 0 N–H and O–H groups in total. The van der Waals surface area contributed by atoms with Crippen molar-refractivity contribution < 1.29 is 4.74 Å². The number of benzene rings is 1. The van der Waals surface area contributed by atoms with Crippen LogP contribution in [-0.2, 0) is 9.78 Å². The SMILES string of the molecule is CCCCCCCCCCCCC(C)([SiH2]C1CCCCO1)c1ccccc1. The average Bonchev–Trinajstić information content (AvgIpc) is 2.71. The summed E-state index contributed by atoms with van der Waals surface area (Å²) in [6.45, 7) is 5.84. The van der Waals surface area contributed by atoms with Gasteiger partial charge in [-0.05, 0) is 36.3 Å². The summed E-state index contributed by atoms with van der Waals surface area (Å²) in [6, 6.07) is 11.3. The van der Waals surface area contributed by atoms with Gasteiger partial charge in [-0.15, -0.1) is 0 Å². The molecule has 1 saturated heterocycles. The van der Waals surface area contributed by atoms with E-state index in [1.165, 1.54) is 89.9 Å². The molecule has 1 heterocycles. The first-order valence-electron chi connectivity index (χ1n) is 11.9. The summed E-state index contributed by atoms with van der Waals surface area (Å²) < 4.78 is 6.16. The smallest absolute Gasteiger partial charge is 0.0671 e. The molecule has 1 aromatic rings. The van der Waals surface area contributed by atoms with Crippen molar-refractivity contribution in [2.75, 3.05) is 6.61 Å². The number of hydrogen-bond donors (Lipinski definition) is 0. The number of rotatable bonds is 14. The van der Waals surface area contributed by atoms with Crippen LogP contribution < -0.4 is 0 Å². The van der Waals surface area contributed by atoms with E-state index in [-0.39, 0.29) is 9.52 Å². The minimum atomic E-state index is -0.293. The molecule has 1 aliphatic heterocycles. The number of ether oxygens (including phenoxy) is 1. The molecule has 1 nitrogen and oxygen atoms in total. The molecular formula is C25H44OSi. The molecule has 0 spiro atoms. The van der Waals surface area contributed by atoms with Crippen LogP contribution in [0.15, 0.2) is 30.3 Å². The highest BCUT2D eigenvalue weighted by molar-refractivity contribution is 6.41. The lowest BCUT2D eigenvalue weighted by molar-refractivity contribution is 0.0629. The fraction of sp³-hybridized carbons (Fsp3) is 0.760. The third kappa shape index (κ3) is 8.96. The van der Waals surface area contributed by atoms with Gasteiger partial charge in [0.05, 0.1) is 9.52 Å². The monoisotopic (exact) mass is 388 g/mol. The number of unbranched alkanes of at least 4 members (excludes halogenated alkanes) is 9. The van der Waals surface area contributed by atoms with Crippen LogP contribution in [0.2, 0.25) is 0 Å². The summed E-state index contributed by atoms with van der Waals surface area (Å²) in [4.78, 5) is 0. The predicted octanol–water partition coefficient (Wildman–Crippen LogP) is 6.91. The molecule has 0 aromatic heterocycles. The van der Waals surface area contributed by atoms with Gasteiger partial charge in [0.25, 0.3) is 0 Å². The molecule has 27 heavy (non-hydrogen) atoms. The Morgan fingerprint density at radius 1 is 0.889 bits per heavy atom. The molecule has 0 radical (unpaired) electrons. The van der Waals surface area contributed by atoms with Crippen molar-refractivity contribution in [3.8, 4) is 0 Å². The van der Waals surface area contributed by atoms with E-state index in [9.17, 15) is 0 Å². The molecule has 1 aliphatic rings. The summed E-state index contributed by atoms with van der Waals surface area (Å²) in [5.74, 6) is 0. The molecule has 2 heteroatoms. The second kappa shape index (κ2) is 13.6. The molecule has 2 atom stereocenters. The van der Waals surface area contributed by atoms with Gasteiger partial charge < -0.3 is 4.74 Å². The van der Waals surface area contributed by atoms with E-state index < -0.39 is 0 Å². The Hall–Kier alpha value is -0.603. The minimum absolute atomic E-state index is 0.293. The molecule has 0 aliphatic carbocycles. The zero-order valence-corrected chi connectivity index (χ0v) is 19.6. The molecule has 1 aromatic carbocycles. The topological polar surface area (TPSA) is 9.23 Å². The Morgan fingerprint density at radius 3 is 2.11 bits per heavy atom. The number of hydrogen-bond acceptors (Lipinski definition) is 1. The highest BCUT2D eigenvalue weighted by Gasteiger charge is 2.31. The van der Waals surface area contributed by atoms with Gasteiger partial charge in [-0.1, -0.05) is 108 Å². The van der Waals surface area contributed by atoms with Gasteiger partial charge in [-0.3, -0.25) is 0 Å². The maximum Gasteiger partial charge on any atom is 0.0671 e. The van der Waals surface area contributed by atoms with Gasteiger partial charge >= 0.3 is 0 Å². The van der Waals surface area contributed by atoms with Crippen LogP contribution in [0.5, 0.6) is 0 Å². The highest BCUT2D eigenvalue weighted by atomic mass is 28.2. The van der Waals surface area contributed by atoms with Crippen LogP contribution >= 0.6 is 0 Å². The summed E-state index contributed by atoms with van der Waals surface area (Å²) in [5, 5.41) is 0.406. The van der Waals surface area contributed by atoms with Crippen LogP contribution in [0.4, 0.5) is 0 Å². The van der Waals surface area contributed by atoms with Gasteiger partial charge in [0.1, 0.15) is 0 Å². The largest absolute Gasteiger partial charge is 0.382 e. The van der Waals surface area contributed by atoms with Crippen LogP contribution in [-0.4, -0.2) is 21.9 Å². The lowest BCUT2D eigenvalue weighted by Crippen LogP contribution is -2.40. The van der Waals surface area contributed by atoms with Crippen LogP contribution in [0.3, 0.4) is 0 Å². The molecule has 0 bridgehead atoms. The first-order valence-corrected chi connectivity index (χ1v) is 13.4. The van der Waals surface area contributed by atoms with E-state index in [1.807, 2.05) is 0 Å². The summed E-state index contributed by atoms with van der Waals surface area (Å²) in [7, 11) is -0.293. The standard InChI is InChI=1S/C25H44OSi/c1-3-4-5-6-7-8-9-10-11-16-21-25(2,23-18-13-12-14-19-23)27-24-20-15-17-22-26-24/h12-14,18-19,24H,3-11,15-17,20-22,27H2,1-2H3. The Morgan fingerprint density at radius 2 is 1.52 bits per heavy atom. The predicted molar refractivity (Wildman–Crippen MR) is 122 cm³/mol. The van der Waals surface area contributed by atoms with Gasteiger partial charge in [0.2, 0.25) is 0 Å². The van der Waals surface area contributed by atoms with E-state index in [1.54, 1.807) is 5.56 Å². The van der Waals surface area contributed by atoms with Crippen molar-refractivity contribution in [1.82, 2.24) is 0 Å². The summed E-state index contributed by atoms with van der Waals surface area (Å²) >= 11 is 0. The minimum Gasteiger partial charge on any atom is -0.382 e. The fourth-order valence-corrected chi connectivity index (χ4v) is 7.39. The highest BCUT2D eigenvalue weighted by Crippen LogP contribution is 2.32. The van der Waals surface area contributed by atoms with Crippen molar-refractivity contribution in [1.29, 1.82) is 0 Å². The second-order valence-electron chi connectivity index (χ2n) is 9.05. The fourth-order valence-electron chi connectivity index (χ4n) is 4.68. The molecule has 1 fully saturated rings. The lowest BCUT2D eigenvalue weighted by atomic mass is 9.93. The molecule has 2 rings (SSSR count). The zero-order chi connectivity index (χ0) is 19.2. The summed E-state index contributed by atoms with van der Waals surface area (Å²) in [5.41, 5.74) is 2.17. The van der Waals surface area contributed by atoms with Crippen molar-refractivity contribution in [3.63, 3.8) is 0 Å². The van der Waals surface area contributed by atoms with Gasteiger partial charge in [0, 0.05) is 12.3 Å². The second-order valence-corrected chi connectivity index (χ2v) is 11.9. The maximum atomic E-state index is 6.16. The molecule has 0 amide bonds. The normalized spacial score (nSPS) is 20.1. The maximum absolute atomic E-state index is 6.16. The first-order chi connectivity index (χ1) is 13.2.